The van der Waals surface area contributed by atoms with Gasteiger partial charge in [-0.15, -0.1) is 0 Å². The Labute approximate surface area is 92.7 Å². The number of nitrogens with zero attached hydrogens (tertiary/aromatic N) is 2. The summed E-state index contributed by atoms with van der Waals surface area (Å²) in [6.07, 6.45) is -8.48. The van der Waals surface area contributed by atoms with Gasteiger partial charge in [-0.3, -0.25) is 0 Å². The number of halogens is 5. The Hall–Kier alpha value is -1.75. The Morgan fingerprint density at radius 1 is 1.41 bits per heavy atom. The largest absolute Gasteiger partial charge is 0.419 e. The van der Waals surface area contributed by atoms with Crippen molar-refractivity contribution in [2.75, 3.05) is 0 Å². The topological polar surface area (TPSA) is 62.7 Å². The Morgan fingerprint density at radius 3 is 2.35 bits per heavy atom. The molecule has 0 aromatic carbocycles. The zero-order valence-corrected chi connectivity index (χ0v) is 8.22. The molecule has 0 aliphatic rings. The van der Waals surface area contributed by atoms with Crippen molar-refractivity contribution >= 4 is 0 Å². The Kier molecular flexibility index (Phi) is 3.63. The summed E-state index contributed by atoms with van der Waals surface area (Å²) in [5, 5.41) is 8.54. The fraction of sp³-hybridized carbons (Fsp3) is 0.333. The fourth-order valence-corrected chi connectivity index (χ4v) is 1.27. The van der Waals surface area contributed by atoms with Gasteiger partial charge in [0.25, 0.3) is 6.43 Å². The molecule has 17 heavy (non-hydrogen) atoms. The Morgan fingerprint density at radius 2 is 2.00 bits per heavy atom. The lowest BCUT2D eigenvalue weighted by molar-refractivity contribution is -0.140. The molecule has 0 fully saturated rings. The fourth-order valence-electron chi connectivity index (χ4n) is 1.27. The molecule has 0 aliphatic heterocycles. The van der Waals surface area contributed by atoms with Crippen LogP contribution in [0.5, 0.6) is 0 Å². The van der Waals surface area contributed by atoms with Crippen LogP contribution in [0.1, 0.15) is 28.9 Å². The van der Waals surface area contributed by atoms with Crippen molar-refractivity contribution < 1.29 is 22.0 Å². The van der Waals surface area contributed by atoms with Crippen LogP contribution in [0.3, 0.4) is 0 Å². The van der Waals surface area contributed by atoms with Crippen molar-refractivity contribution in [3.63, 3.8) is 0 Å². The molecule has 92 valence electrons. The first-order valence-corrected chi connectivity index (χ1v) is 4.30. The van der Waals surface area contributed by atoms with Gasteiger partial charge in [0, 0.05) is 6.54 Å². The van der Waals surface area contributed by atoms with Gasteiger partial charge in [0.1, 0.15) is 11.3 Å². The summed E-state index contributed by atoms with van der Waals surface area (Å²) >= 11 is 0. The molecule has 2 N–H and O–H groups in total. The molecule has 0 saturated carbocycles. The van der Waals surface area contributed by atoms with Gasteiger partial charge in [-0.2, -0.15) is 18.4 Å². The van der Waals surface area contributed by atoms with Crippen LogP contribution >= 0.6 is 0 Å². The number of pyridine rings is 1. The van der Waals surface area contributed by atoms with E-state index in [1.165, 1.54) is 6.07 Å². The lowest BCUT2D eigenvalue weighted by Gasteiger charge is -2.14. The van der Waals surface area contributed by atoms with E-state index in [9.17, 15) is 22.0 Å². The van der Waals surface area contributed by atoms with Crippen molar-refractivity contribution in [3.05, 3.63) is 28.6 Å². The molecule has 0 saturated heterocycles. The van der Waals surface area contributed by atoms with Crippen LogP contribution in [-0.2, 0) is 12.7 Å². The third-order valence-electron chi connectivity index (χ3n) is 1.92. The van der Waals surface area contributed by atoms with E-state index in [2.05, 4.69) is 4.98 Å². The molecule has 8 heteroatoms. The van der Waals surface area contributed by atoms with Gasteiger partial charge in [0.15, 0.2) is 0 Å². The van der Waals surface area contributed by atoms with Crippen LogP contribution < -0.4 is 5.73 Å². The van der Waals surface area contributed by atoms with Gasteiger partial charge in [-0.05, 0) is 6.07 Å². The van der Waals surface area contributed by atoms with E-state index < -0.39 is 29.4 Å². The van der Waals surface area contributed by atoms with Crippen LogP contribution in [-0.4, -0.2) is 4.98 Å². The van der Waals surface area contributed by atoms with E-state index in [-0.39, 0.29) is 12.2 Å². The van der Waals surface area contributed by atoms with Gasteiger partial charge in [0.2, 0.25) is 0 Å². The van der Waals surface area contributed by atoms with Gasteiger partial charge >= 0.3 is 6.18 Å². The maximum Gasteiger partial charge on any atom is 0.419 e. The molecule has 3 nitrogen and oxygen atoms in total. The maximum absolute atomic E-state index is 12.5. The molecule has 0 atom stereocenters. The highest BCUT2D eigenvalue weighted by Gasteiger charge is 2.40. The molecule has 0 aliphatic carbocycles. The van der Waals surface area contributed by atoms with Crippen LogP contribution in [0.15, 0.2) is 6.07 Å². The van der Waals surface area contributed by atoms with Crippen molar-refractivity contribution in [3.8, 4) is 6.07 Å². The lowest BCUT2D eigenvalue weighted by Crippen LogP contribution is -2.16. The third-order valence-corrected chi connectivity index (χ3v) is 1.92. The average molecular weight is 251 g/mol. The summed E-state index contributed by atoms with van der Waals surface area (Å²) in [6.45, 7) is -0.327. The zero-order chi connectivity index (χ0) is 13.2. The Bertz CT molecular complexity index is 461. The van der Waals surface area contributed by atoms with E-state index in [1.54, 1.807) is 0 Å². The number of alkyl halides is 5. The highest BCUT2D eigenvalue weighted by molar-refractivity contribution is 5.43. The van der Waals surface area contributed by atoms with Crippen LogP contribution in [0.4, 0.5) is 22.0 Å². The molecular formula is C9H6F5N3. The molecule has 0 bridgehead atoms. The minimum Gasteiger partial charge on any atom is -0.325 e. The quantitative estimate of drug-likeness (QED) is 0.820. The van der Waals surface area contributed by atoms with Gasteiger partial charge in [0.05, 0.1) is 17.3 Å². The van der Waals surface area contributed by atoms with E-state index in [0.717, 1.165) is 6.07 Å². The molecule has 1 heterocycles. The summed E-state index contributed by atoms with van der Waals surface area (Å²) in [6, 6.07) is 1.98. The predicted molar refractivity (Wildman–Crippen MR) is 46.8 cm³/mol. The molecule has 0 unspecified atom stereocenters. The normalized spacial score (nSPS) is 11.6. The van der Waals surface area contributed by atoms with Crippen molar-refractivity contribution in [1.82, 2.24) is 4.98 Å². The minimum atomic E-state index is -5.06. The van der Waals surface area contributed by atoms with E-state index in [1.807, 2.05) is 0 Å². The number of hydrogen-bond acceptors (Lipinski definition) is 3. The maximum atomic E-state index is 12.5. The van der Waals surface area contributed by atoms with Crippen molar-refractivity contribution in [1.29, 1.82) is 5.26 Å². The lowest BCUT2D eigenvalue weighted by atomic mass is 10.1. The second-order valence-corrected chi connectivity index (χ2v) is 3.04. The van der Waals surface area contributed by atoms with Crippen molar-refractivity contribution in [2.45, 2.75) is 19.1 Å². The Balaban J connectivity index is 3.60. The third kappa shape index (κ3) is 2.68. The van der Waals surface area contributed by atoms with Crippen molar-refractivity contribution in [2.24, 2.45) is 5.73 Å². The van der Waals surface area contributed by atoms with Crippen LogP contribution in [0.25, 0.3) is 0 Å². The smallest absolute Gasteiger partial charge is 0.325 e. The molecule has 1 aromatic heterocycles. The number of hydrogen-bond donors (Lipinski definition) is 1. The summed E-state index contributed by atoms with van der Waals surface area (Å²) in [5.74, 6) is 0. The van der Waals surface area contributed by atoms with Gasteiger partial charge < -0.3 is 5.73 Å². The summed E-state index contributed by atoms with van der Waals surface area (Å²) in [5.41, 5.74) is 0.851. The van der Waals surface area contributed by atoms with E-state index in [4.69, 9.17) is 11.0 Å². The minimum absolute atomic E-state index is 0.190. The summed E-state index contributed by atoms with van der Waals surface area (Å²) in [4.78, 5) is 3.12. The van der Waals surface area contributed by atoms with Crippen LogP contribution in [0, 0.1) is 11.3 Å². The SMILES string of the molecule is N#Cc1cc(CN)nc(C(F)F)c1C(F)(F)F. The highest BCUT2D eigenvalue weighted by Crippen LogP contribution is 2.37. The van der Waals surface area contributed by atoms with Gasteiger partial charge in [-0.1, -0.05) is 0 Å². The molecule has 0 amide bonds. The molecule has 1 aromatic rings. The second-order valence-electron chi connectivity index (χ2n) is 3.04. The molecular weight excluding hydrogens is 245 g/mol. The number of nitrogens with two attached hydrogens (primary N) is 1. The molecule has 0 spiro atoms. The zero-order valence-electron chi connectivity index (χ0n) is 8.22. The highest BCUT2D eigenvalue weighted by atomic mass is 19.4. The first kappa shape index (κ1) is 13.3. The predicted octanol–water partition coefficient (Wildman–Crippen LogP) is 2.37. The number of aromatic nitrogens is 1. The average Bonchev–Trinajstić information content (AvgIpc) is 2.25. The number of rotatable bonds is 2. The van der Waals surface area contributed by atoms with E-state index in [0.29, 0.717) is 0 Å². The molecule has 0 radical (unpaired) electrons. The molecule has 1 rings (SSSR count). The van der Waals surface area contributed by atoms with E-state index >= 15 is 0 Å². The summed E-state index contributed by atoms with van der Waals surface area (Å²) < 4.78 is 62.6. The monoisotopic (exact) mass is 251 g/mol. The van der Waals surface area contributed by atoms with Gasteiger partial charge in [-0.25, -0.2) is 13.8 Å². The number of nitriles is 1. The standard InChI is InChI=1S/C9H6F5N3/c10-8(11)7-6(9(12,13)14)4(2-15)1-5(3-16)17-7/h1,8H,3,16H2. The second kappa shape index (κ2) is 4.63. The summed E-state index contributed by atoms with van der Waals surface area (Å²) in [7, 11) is 0. The first-order valence-electron chi connectivity index (χ1n) is 4.30. The first-order chi connectivity index (χ1) is 7.81. The van der Waals surface area contributed by atoms with Crippen LogP contribution in [0.2, 0.25) is 0 Å².